The highest BCUT2D eigenvalue weighted by molar-refractivity contribution is 9.10. The molecular weight excluding hydrogens is 334 g/mol. The Labute approximate surface area is 130 Å². The molecule has 0 spiro atoms. The first-order valence-electron chi connectivity index (χ1n) is 6.56. The van der Waals surface area contributed by atoms with E-state index >= 15 is 0 Å². The van der Waals surface area contributed by atoms with E-state index in [0.717, 1.165) is 32.3 Å². The number of carbonyl (C=O) groups excluding carboxylic acids is 1. The van der Waals surface area contributed by atoms with Crippen LogP contribution in [-0.4, -0.2) is 17.8 Å². The van der Waals surface area contributed by atoms with E-state index in [0.29, 0.717) is 6.42 Å². The van der Waals surface area contributed by atoms with Crippen LogP contribution in [0, 0.1) is 0 Å². The SMILES string of the molecule is CC1C/C(=N\NC(N)=O)c2c(ccc3cc(Br)ccc23)O1. The smallest absolute Gasteiger partial charge is 0.332 e. The van der Waals surface area contributed by atoms with Crippen LogP contribution in [0.25, 0.3) is 10.8 Å². The summed E-state index contributed by atoms with van der Waals surface area (Å²) in [5.41, 5.74) is 9.10. The lowest BCUT2D eigenvalue weighted by Gasteiger charge is -2.25. The minimum atomic E-state index is -0.675. The van der Waals surface area contributed by atoms with E-state index in [1.54, 1.807) is 0 Å². The Balaban J connectivity index is 2.21. The predicted octanol–water partition coefficient (Wildman–Crippen LogP) is 3.15. The first-order chi connectivity index (χ1) is 10.0. The Hall–Kier alpha value is -2.08. The molecule has 2 amide bonds. The van der Waals surface area contributed by atoms with E-state index in [-0.39, 0.29) is 6.10 Å². The summed E-state index contributed by atoms with van der Waals surface area (Å²) < 4.78 is 6.88. The minimum Gasteiger partial charge on any atom is -0.490 e. The molecule has 1 aliphatic rings. The maximum atomic E-state index is 10.9. The number of ether oxygens (including phenoxy) is 1. The molecule has 108 valence electrons. The summed E-state index contributed by atoms with van der Waals surface area (Å²) in [6.45, 7) is 1.97. The molecule has 0 bridgehead atoms. The average molecular weight is 348 g/mol. The van der Waals surface area contributed by atoms with Gasteiger partial charge in [-0.3, -0.25) is 0 Å². The molecule has 0 saturated carbocycles. The second-order valence-electron chi connectivity index (χ2n) is 4.97. The molecule has 6 heteroatoms. The highest BCUT2D eigenvalue weighted by atomic mass is 79.9. The normalized spacial score (nSPS) is 19.1. The van der Waals surface area contributed by atoms with Gasteiger partial charge in [0.1, 0.15) is 11.9 Å². The second kappa shape index (κ2) is 5.37. The van der Waals surface area contributed by atoms with Crippen molar-refractivity contribution >= 4 is 38.4 Å². The monoisotopic (exact) mass is 347 g/mol. The third kappa shape index (κ3) is 2.71. The Kier molecular flexibility index (Phi) is 3.55. The number of nitrogens with zero attached hydrogens (tertiary/aromatic N) is 1. The van der Waals surface area contributed by atoms with Gasteiger partial charge in [-0.2, -0.15) is 5.10 Å². The second-order valence-corrected chi connectivity index (χ2v) is 5.89. The van der Waals surface area contributed by atoms with Crippen molar-refractivity contribution in [2.24, 2.45) is 10.8 Å². The molecule has 1 heterocycles. The van der Waals surface area contributed by atoms with Crippen LogP contribution >= 0.6 is 15.9 Å². The lowest BCUT2D eigenvalue weighted by molar-refractivity contribution is 0.222. The largest absolute Gasteiger partial charge is 0.490 e. The number of urea groups is 1. The van der Waals surface area contributed by atoms with Crippen molar-refractivity contribution in [3.05, 3.63) is 40.4 Å². The molecule has 2 aromatic rings. The van der Waals surface area contributed by atoms with Gasteiger partial charge in [0, 0.05) is 16.5 Å². The maximum Gasteiger partial charge on any atom is 0.332 e. The molecule has 1 aliphatic heterocycles. The number of hydrogen-bond donors (Lipinski definition) is 2. The number of nitrogens with two attached hydrogens (primary N) is 1. The van der Waals surface area contributed by atoms with Crippen LogP contribution in [0.15, 0.2) is 39.9 Å². The summed E-state index contributed by atoms with van der Waals surface area (Å²) in [5.74, 6) is 0.772. The Morgan fingerprint density at radius 1 is 1.43 bits per heavy atom. The third-order valence-electron chi connectivity index (χ3n) is 3.34. The summed E-state index contributed by atoms with van der Waals surface area (Å²) in [5, 5.41) is 6.26. The van der Waals surface area contributed by atoms with Gasteiger partial charge in [-0.15, -0.1) is 0 Å². The summed E-state index contributed by atoms with van der Waals surface area (Å²) in [6, 6.07) is 9.28. The third-order valence-corrected chi connectivity index (χ3v) is 3.84. The zero-order chi connectivity index (χ0) is 15.0. The summed E-state index contributed by atoms with van der Waals surface area (Å²) in [6.07, 6.45) is 0.612. The molecular formula is C15H14BrN3O2. The molecule has 0 aliphatic carbocycles. The molecule has 0 fully saturated rings. The standard InChI is InChI=1S/C15H14BrN3O2/c1-8-6-12(18-19-15(17)20)14-11-4-3-10(16)7-9(11)2-5-13(14)21-8/h2-5,7-8H,6H2,1H3,(H3,17,19,20)/b18-12+. The minimum absolute atomic E-state index is 0.00109. The maximum absolute atomic E-state index is 10.9. The van der Waals surface area contributed by atoms with Crippen molar-refractivity contribution < 1.29 is 9.53 Å². The molecule has 21 heavy (non-hydrogen) atoms. The average Bonchev–Trinajstić information content (AvgIpc) is 2.43. The molecule has 1 unspecified atom stereocenters. The Morgan fingerprint density at radius 3 is 3.00 bits per heavy atom. The van der Waals surface area contributed by atoms with Gasteiger partial charge >= 0.3 is 6.03 Å². The zero-order valence-corrected chi connectivity index (χ0v) is 13.0. The highest BCUT2D eigenvalue weighted by Gasteiger charge is 2.24. The van der Waals surface area contributed by atoms with Crippen LogP contribution in [0.2, 0.25) is 0 Å². The van der Waals surface area contributed by atoms with Crippen molar-refractivity contribution in [3.63, 3.8) is 0 Å². The number of nitrogens with one attached hydrogen (secondary N) is 1. The van der Waals surface area contributed by atoms with Crippen LogP contribution in [-0.2, 0) is 0 Å². The van der Waals surface area contributed by atoms with E-state index in [9.17, 15) is 4.79 Å². The van der Waals surface area contributed by atoms with Crippen molar-refractivity contribution in [3.8, 4) is 5.75 Å². The van der Waals surface area contributed by atoms with Crippen molar-refractivity contribution in [2.75, 3.05) is 0 Å². The fourth-order valence-corrected chi connectivity index (χ4v) is 2.91. The molecule has 5 nitrogen and oxygen atoms in total. The number of rotatable bonds is 1. The quantitative estimate of drug-likeness (QED) is 0.777. The van der Waals surface area contributed by atoms with Gasteiger partial charge in [0.25, 0.3) is 0 Å². The molecule has 0 saturated heterocycles. The van der Waals surface area contributed by atoms with Crippen molar-refractivity contribution in [1.29, 1.82) is 0 Å². The number of primary amides is 1. The molecule has 0 aromatic heterocycles. The van der Waals surface area contributed by atoms with Crippen LogP contribution < -0.4 is 15.9 Å². The van der Waals surface area contributed by atoms with E-state index in [2.05, 4.69) is 26.5 Å². The first kappa shape index (κ1) is 13.9. The van der Waals surface area contributed by atoms with E-state index < -0.39 is 6.03 Å². The van der Waals surface area contributed by atoms with Crippen LogP contribution in [0.3, 0.4) is 0 Å². The van der Waals surface area contributed by atoms with E-state index in [4.69, 9.17) is 10.5 Å². The number of benzene rings is 2. The first-order valence-corrected chi connectivity index (χ1v) is 7.35. The lowest BCUT2D eigenvalue weighted by atomic mass is 9.94. The van der Waals surface area contributed by atoms with Gasteiger partial charge < -0.3 is 10.5 Å². The van der Waals surface area contributed by atoms with Gasteiger partial charge in [-0.1, -0.05) is 28.1 Å². The van der Waals surface area contributed by atoms with Crippen LogP contribution in [0.4, 0.5) is 4.79 Å². The summed E-state index contributed by atoms with van der Waals surface area (Å²) in [4.78, 5) is 10.9. The summed E-state index contributed by atoms with van der Waals surface area (Å²) >= 11 is 3.47. The van der Waals surface area contributed by atoms with Gasteiger partial charge in [0.15, 0.2) is 0 Å². The van der Waals surface area contributed by atoms with Gasteiger partial charge in [0.2, 0.25) is 0 Å². The highest BCUT2D eigenvalue weighted by Crippen LogP contribution is 2.35. The summed E-state index contributed by atoms with van der Waals surface area (Å²) in [7, 11) is 0. The van der Waals surface area contributed by atoms with Crippen molar-refractivity contribution in [1.82, 2.24) is 5.43 Å². The van der Waals surface area contributed by atoms with E-state index in [1.807, 2.05) is 37.3 Å². The lowest BCUT2D eigenvalue weighted by Crippen LogP contribution is -2.30. The van der Waals surface area contributed by atoms with Gasteiger partial charge in [-0.25, -0.2) is 10.2 Å². The number of fused-ring (bicyclic) bond motifs is 3. The molecule has 0 radical (unpaired) electrons. The Morgan fingerprint density at radius 2 is 2.24 bits per heavy atom. The van der Waals surface area contributed by atoms with Crippen molar-refractivity contribution in [2.45, 2.75) is 19.4 Å². The number of halogens is 1. The fraction of sp³-hybridized carbons (Fsp3) is 0.200. The van der Waals surface area contributed by atoms with E-state index in [1.165, 1.54) is 0 Å². The van der Waals surface area contributed by atoms with Crippen LogP contribution in [0.1, 0.15) is 18.9 Å². The number of amides is 2. The Bertz CT molecular complexity index is 758. The van der Waals surface area contributed by atoms with Crippen LogP contribution in [0.5, 0.6) is 5.75 Å². The fourth-order valence-electron chi connectivity index (χ4n) is 2.53. The number of carbonyl (C=O) groups is 1. The molecule has 2 aromatic carbocycles. The van der Waals surface area contributed by atoms with Gasteiger partial charge in [0.05, 0.1) is 5.71 Å². The topological polar surface area (TPSA) is 76.7 Å². The number of hydrazone groups is 1. The molecule has 3 rings (SSSR count). The zero-order valence-electron chi connectivity index (χ0n) is 11.4. The predicted molar refractivity (Wildman–Crippen MR) is 85.6 cm³/mol. The van der Waals surface area contributed by atoms with Gasteiger partial charge in [-0.05, 0) is 35.9 Å². The molecule has 3 N–H and O–H groups in total. The number of hydrogen-bond acceptors (Lipinski definition) is 3. The molecule has 1 atom stereocenters.